The van der Waals surface area contributed by atoms with Crippen molar-refractivity contribution in [2.24, 2.45) is 11.7 Å². The topological polar surface area (TPSA) is 66.6 Å². The molecule has 2 aliphatic heterocycles. The summed E-state index contributed by atoms with van der Waals surface area (Å²) in [6.45, 7) is 5.44. The summed E-state index contributed by atoms with van der Waals surface area (Å²) in [4.78, 5) is 28.5. The molecular formula is C14H26ClN3O2S. The molecule has 0 aliphatic carbocycles. The van der Waals surface area contributed by atoms with Crippen molar-refractivity contribution in [1.82, 2.24) is 9.80 Å². The van der Waals surface area contributed by atoms with E-state index in [1.807, 2.05) is 11.8 Å². The molecule has 2 aliphatic rings. The fourth-order valence-electron chi connectivity index (χ4n) is 3.06. The first kappa shape index (κ1) is 18.6. The number of hydrogen-bond donors (Lipinski definition) is 1. The second-order valence-electron chi connectivity index (χ2n) is 5.81. The van der Waals surface area contributed by atoms with Crippen molar-refractivity contribution in [3.63, 3.8) is 0 Å². The number of carbonyl (C=O) groups excluding carboxylic acids is 2. The lowest BCUT2D eigenvalue weighted by molar-refractivity contribution is -0.143. The predicted octanol–water partition coefficient (Wildman–Crippen LogP) is 1.31. The van der Waals surface area contributed by atoms with Gasteiger partial charge in [-0.05, 0) is 32.2 Å². The molecule has 2 N–H and O–H groups in total. The highest BCUT2D eigenvalue weighted by Gasteiger charge is 2.40. The van der Waals surface area contributed by atoms with Gasteiger partial charge in [0.15, 0.2) is 0 Å². The normalized spacial score (nSPS) is 28.6. The van der Waals surface area contributed by atoms with Gasteiger partial charge < -0.3 is 15.5 Å². The number of nitrogens with zero attached hydrogens (tertiary/aromatic N) is 2. The average molecular weight is 336 g/mol. The van der Waals surface area contributed by atoms with Crippen LogP contribution in [0, 0.1) is 5.92 Å². The Bertz CT molecular complexity index is 383. The maximum atomic E-state index is 12.7. The summed E-state index contributed by atoms with van der Waals surface area (Å²) < 4.78 is 0. The monoisotopic (exact) mass is 335 g/mol. The third kappa shape index (κ3) is 4.05. The van der Waals surface area contributed by atoms with Gasteiger partial charge in [-0.15, -0.1) is 24.2 Å². The molecule has 2 saturated heterocycles. The quantitative estimate of drug-likeness (QED) is 0.841. The third-order valence-electron chi connectivity index (χ3n) is 4.23. The summed E-state index contributed by atoms with van der Waals surface area (Å²) in [7, 11) is 0. The van der Waals surface area contributed by atoms with Crippen molar-refractivity contribution in [3.8, 4) is 0 Å². The second kappa shape index (κ2) is 8.25. The molecule has 3 unspecified atom stereocenters. The standard InChI is InChI=1S/C14H25N3O2S.ClH/c1-3-4-13(18)17-9-20-8-12(17)14(19)16-7-11(6-15)5-10(16)2;/h10-12H,3-9,15H2,1-2H3;1H. The van der Waals surface area contributed by atoms with Crippen molar-refractivity contribution in [3.05, 3.63) is 0 Å². The molecule has 0 aromatic heterocycles. The van der Waals surface area contributed by atoms with Gasteiger partial charge in [0.1, 0.15) is 6.04 Å². The number of hydrogen-bond acceptors (Lipinski definition) is 4. The van der Waals surface area contributed by atoms with Gasteiger partial charge in [-0.1, -0.05) is 6.92 Å². The molecule has 7 heteroatoms. The van der Waals surface area contributed by atoms with Crippen LogP contribution in [0.25, 0.3) is 0 Å². The molecule has 0 spiro atoms. The SMILES string of the molecule is CCCC(=O)N1CSCC1C(=O)N1CC(CN)CC1C.Cl. The lowest BCUT2D eigenvalue weighted by atomic mass is 10.1. The first-order valence-electron chi connectivity index (χ1n) is 7.46. The van der Waals surface area contributed by atoms with Gasteiger partial charge in [0.2, 0.25) is 11.8 Å². The fourth-order valence-corrected chi connectivity index (χ4v) is 4.23. The maximum absolute atomic E-state index is 12.7. The van der Waals surface area contributed by atoms with Crippen LogP contribution in [0.3, 0.4) is 0 Å². The van der Waals surface area contributed by atoms with Gasteiger partial charge in [0, 0.05) is 24.8 Å². The Kier molecular flexibility index (Phi) is 7.30. The molecule has 0 aromatic rings. The first-order chi connectivity index (χ1) is 9.58. The largest absolute Gasteiger partial charge is 0.338 e. The van der Waals surface area contributed by atoms with Gasteiger partial charge in [-0.3, -0.25) is 9.59 Å². The summed E-state index contributed by atoms with van der Waals surface area (Å²) in [6, 6.07) is -0.0252. The molecule has 122 valence electrons. The van der Waals surface area contributed by atoms with E-state index >= 15 is 0 Å². The molecule has 2 fully saturated rings. The van der Waals surface area contributed by atoms with Crippen molar-refractivity contribution >= 4 is 36.0 Å². The molecule has 0 saturated carbocycles. The molecule has 3 atom stereocenters. The third-order valence-corrected chi connectivity index (χ3v) is 5.24. The molecule has 0 bridgehead atoms. The molecule has 21 heavy (non-hydrogen) atoms. The Balaban J connectivity index is 0.00000220. The number of likely N-dealkylation sites (tertiary alicyclic amines) is 1. The van der Waals surface area contributed by atoms with Crippen molar-refractivity contribution < 1.29 is 9.59 Å². The summed E-state index contributed by atoms with van der Waals surface area (Å²) in [5, 5.41) is 0. The van der Waals surface area contributed by atoms with Crippen molar-refractivity contribution in [1.29, 1.82) is 0 Å². The van der Waals surface area contributed by atoms with Gasteiger partial charge in [-0.2, -0.15) is 0 Å². The van der Waals surface area contributed by atoms with Gasteiger partial charge in [-0.25, -0.2) is 0 Å². The Morgan fingerprint density at radius 1 is 1.33 bits per heavy atom. The van der Waals surface area contributed by atoms with E-state index in [1.54, 1.807) is 16.7 Å². The molecule has 2 heterocycles. The van der Waals surface area contributed by atoms with Crippen LogP contribution in [-0.4, -0.2) is 58.4 Å². The van der Waals surface area contributed by atoms with E-state index in [9.17, 15) is 9.59 Å². The Morgan fingerprint density at radius 2 is 2.05 bits per heavy atom. The zero-order valence-electron chi connectivity index (χ0n) is 12.8. The lowest BCUT2D eigenvalue weighted by Crippen LogP contribution is -2.50. The van der Waals surface area contributed by atoms with Gasteiger partial charge >= 0.3 is 0 Å². The van der Waals surface area contributed by atoms with E-state index < -0.39 is 0 Å². The van der Waals surface area contributed by atoms with E-state index in [0.717, 1.165) is 25.1 Å². The Morgan fingerprint density at radius 3 is 2.62 bits per heavy atom. The minimum atomic E-state index is -0.266. The lowest BCUT2D eigenvalue weighted by Gasteiger charge is -2.29. The van der Waals surface area contributed by atoms with Crippen LogP contribution in [-0.2, 0) is 9.59 Å². The van der Waals surface area contributed by atoms with Crippen LogP contribution >= 0.6 is 24.2 Å². The van der Waals surface area contributed by atoms with Gasteiger partial charge in [0.05, 0.1) is 5.88 Å². The summed E-state index contributed by atoms with van der Waals surface area (Å²) in [6.07, 6.45) is 2.34. The fraction of sp³-hybridized carbons (Fsp3) is 0.857. The van der Waals surface area contributed by atoms with E-state index in [-0.39, 0.29) is 36.3 Å². The molecule has 5 nitrogen and oxygen atoms in total. The summed E-state index contributed by atoms with van der Waals surface area (Å²) >= 11 is 1.67. The number of amides is 2. The first-order valence-corrected chi connectivity index (χ1v) is 8.61. The van der Waals surface area contributed by atoms with E-state index in [4.69, 9.17) is 5.73 Å². The number of carbonyl (C=O) groups is 2. The highest BCUT2D eigenvalue weighted by Crippen LogP contribution is 2.28. The number of halogens is 1. The second-order valence-corrected chi connectivity index (χ2v) is 6.81. The van der Waals surface area contributed by atoms with Crippen LogP contribution in [0.1, 0.15) is 33.1 Å². The van der Waals surface area contributed by atoms with Crippen molar-refractivity contribution in [2.45, 2.75) is 45.2 Å². The number of nitrogens with two attached hydrogens (primary N) is 1. The Labute approximate surface area is 137 Å². The minimum Gasteiger partial charge on any atom is -0.338 e. The van der Waals surface area contributed by atoms with Crippen LogP contribution in [0.4, 0.5) is 0 Å². The average Bonchev–Trinajstić information content (AvgIpc) is 3.04. The van der Waals surface area contributed by atoms with E-state index in [2.05, 4.69) is 6.92 Å². The minimum absolute atomic E-state index is 0. The highest BCUT2D eigenvalue weighted by molar-refractivity contribution is 7.99. The van der Waals surface area contributed by atoms with Crippen molar-refractivity contribution in [2.75, 3.05) is 24.7 Å². The summed E-state index contributed by atoms with van der Waals surface area (Å²) in [5.41, 5.74) is 5.72. The number of thioether (sulfide) groups is 1. The molecule has 2 rings (SSSR count). The van der Waals surface area contributed by atoms with E-state index in [1.165, 1.54) is 0 Å². The van der Waals surface area contributed by atoms with Crippen LogP contribution in [0.15, 0.2) is 0 Å². The predicted molar refractivity (Wildman–Crippen MR) is 88.5 cm³/mol. The van der Waals surface area contributed by atoms with Crippen LogP contribution in [0.2, 0.25) is 0 Å². The van der Waals surface area contributed by atoms with E-state index in [0.29, 0.717) is 24.8 Å². The molecular weight excluding hydrogens is 310 g/mol. The molecule has 0 radical (unpaired) electrons. The van der Waals surface area contributed by atoms with Crippen LogP contribution < -0.4 is 5.73 Å². The zero-order chi connectivity index (χ0) is 14.7. The zero-order valence-corrected chi connectivity index (χ0v) is 14.4. The molecule has 0 aromatic carbocycles. The maximum Gasteiger partial charge on any atom is 0.246 e. The number of rotatable bonds is 4. The Hall–Kier alpha value is -0.460. The van der Waals surface area contributed by atoms with Gasteiger partial charge in [0.25, 0.3) is 0 Å². The molecule has 2 amide bonds. The highest BCUT2D eigenvalue weighted by atomic mass is 35.5. The van der Waals surface area contributed by atoms with Crippen LogP contribution in [0.5, 0.6) is 0 Å². The smallest absolute Gasteiger partial charge is 0.246 e. The summed E-state index contributed by atoms with van der Waals surface area (Å²) in [5.74, 6) is 2.01.